The van der Waals surface area contributed by atoms with Gasteiger partial charge in [0.05, 0.1) is 11.8 Å². The molecule has 0 atom stereocenters. The molecule has 0 aromatic carbocycles. The number of nitrogens with one attached hydrogen (secondary N) is 2. The molecule has 1 aromatic rings. The van der Waals surface area contributed by atoms with Crippen LogP contribution in [0.3, 0.4) is 0 Å². The molecule has 112 valence electrons. The summed E-state index contributed by atoms with van der Waals surface area (Å²) < 4.78 is 13.6. The van der Waals surface area contributed by atoms with E-state index >= 15 is 0 Å². The zero-order chi connectivity index (χ0) is 14.6. The quantitative estimate of drug-likeness (QED) is 0.773. The van der Waals surface area contributed by atoms with Crippen LogP contribution in [-0.2, 0) is 0 Å². The molecule has 1 fully saturated rings. The van der Waals surface area contributed by atoms with Crippen LogP contribution in [0.2, 0.25) is 0 Å². The third kappa shape index (κ3) is 3.56. The highest BCUT2D eigenvalue weighted by molar-refractivity contribution is 5.41. The van der Waals surface area contributed by atoms with E-state index in [1.165, 1.54) is 0 Å². The van der Waals surface area contributed by atoms with Gasteiger partial charge in [0, 0.05) is 13.6 Å². The Bertz CT molecular complexity index is 447. The van der Waals surface area contributed by atoms with Crippen molar-refractivity contribution in [2.45, 2.75) is 44.6 Å². The normalized spacial score (nSPS) is 26.3. The molecule has 0 aliphatic heterocycles. The molecule has 0 unspecified atom stereocenters. The number of halogens is 1. The Morgan fingerprint density at radius 1 is 1.45 bits per heavy atom. The number of nitrogens with zero attached hydrogens (tertiary/aromatic N) is 2. The molecule has 0 spiro atoms. The second-order valence-corrected chi connectivity index (χ2v) is 5.57. The van der Waals surface area contributed by atoms with E-state index in [4.69, 9.17) is 0 Å². The summed E-state index contributed by atoms with van der Waals surface area (Å²) in [5.41, 5.74) is -0.761. The maximum atomic E-state index is 13.6. The van der Waals surface area contributed by atoms with Crippen molar-refractivity contribution in [1.82, 2.24) is 9.97 Å². The summed E-state index contributed by atoms with van der Waals surface area (Å²) in [4.78, 5) is 7.81. The molecule has 0 radical (unpaired) electrons. The van der Waals surface area contributed by atoms with E-state index in [0.717, 1.165) is 38.3 Å². The van der Waals surface area contributed by atoms with Crippen LogP contribution in [0.1, 0.15) is 39.0 Å². The molecule has 6 heteroatoms. The van der Waals surface area contributed by atoms with Crippen molar-refractivity contribution < 1.29 is 9.50 Å². The molecule has 3 N–H and O–H groups in total. The van der Waals surface area contributed by atoms with Crippen molar-refractivity contribution in [2.24, 2.45) is 5.92 Å². The van der Waals surface area contributed by atoms with Crippen molar-refractivity contribution in [3.05, 3.63) is 12.0 Å². The molecular weight excluding hydrogens is 259 g/mol. The fourth-order valence-corrected chi connectivity index (χ4v) is 2.66. The molecular formula is C14H23FN4O. The van der Waals surface area contributed by atoms with Gasteiger partial charge in [0.25, 0.3) is 0 Å². The zero-order valence-electron chi connectivity index (χ0n) is 12.1. The van der Waals surface area contributed by atoms with Gasteiger partial charge in [-0.25, -0.2) is 9.37 Å². The van der Waals surface area contributed by atoms with Crippen LogP contribution >= 0.6 is 0 Å². The Hall–Kier alpha value is -1.43. The minimum atomic E-state index is -0.761. The van der Waals surface area contributed by atoms with Gasteiger partial charge in [-0.05, 0) is 31.6 Å². The molecule has 1 saturated carbocycles. The highest BCUT2D eigenvalue weighted by atomic mass is 19.1. The van der Waals surface area contributed by atoms with Crippen LogP contribution in [0.4, 0.5) is 16.2 Å². The van der Waals surface area contributed by atoms with Crippen molar-refractivity contribution in [3.63, 3.8) is 0 Å². The average molecular weight is 282 g/mol. The summed E-state index contributed by atoms with van der Waals surface area (Å²) in [5, 5.41) is 16.2. The molecule has 1 aliphatic rings. The minimum absolute atomic E-state index is 0.135. The number of anilines is 2. The van der Waals surface area contributed by atoms with Gasteiger partial charge in [-0.2, -0.15) is 4.98 Å². The van der Waals surface area contributed by atoms with E-state index < -0.39 is 11.4 Å². The first kappa shape index (κ1) is 15.0. The van der Waals surface area contributed by atoms with Crippen LogP contribution in [0.15, 0.2) is 6.20 Å². The minimum Gasteiger partial charge on any atom is -0.388 e. The standard InChI is InChI=1S/C14H23FN4O/c1-3-10-4-6-14(20,7-5-10)9-18-12-11(15)8-17-13(16-2)19-12/h8,10,20H,3-7,9H2,1-2H3,(H2,16,17,18,19). The monoisotopic (exact) mass is 282 g/mol. The molecule has 1 aromatic heterocycles. The van der Waals surface area contributed by atoms with Crippen molar-refractivity contribution >= 4 is 11.8 Å². The molecule has 1 heterocycles. The van der Waals surface area contributed by atoms with Crippen LogP contribution < -0.4 is 10.6 Å². The number of hydrogen-bond donors (Lipinski definition) is 3. The summed E-state index contributed by atoms with van der Waals surface area (Å²) in [6.45, 7) is 2.50. The number of hydrogen-bond acceptors (Lipinski definition) is 5. The van der Waals surface area contributed by atoms with Gasteiger partial charge in [-0.15, -0.1) is 0 Å². The molecule has 0 amide bonds. The fourth-order valence-electron chi connectivity index (χ4n) is 2.66. The van der Waals surface area contributed by atoms with Gasteiger partial charge < -0.3 is 15.7 Å². The van der Waals surface area contributed by atoms with Crippen LogP contribution in [-0.4, -0.2) is 34.3 Å². The highest BCUT2D eigenvalue weighted by Crippen LogP contribution is 2.33. The maximum Gasteiger partial charge on any atom is 0.224 e. The van der Waals surface area contributed by atoms with Crippen molar-refractivity contribution in [3.8, 4) is 0 Å². The van der Waals surface area contributed by atoms with Crippen LogP contribution in [0.25, 0.3) is 0 Å². The first-order valence-electron chi connectivity index (χ1n) is 7.23. The van der Waals surface area contributed by atoms with Crippen molar-refractivity contribution in [1.29, 1.82) is 0 Å². The lowest BCUT2D eigenvalue weighted by molar-refractivity contribution is 0.00218. The van der Waals surface area contributed by atoms with E-state index in [1.807, 2.05) is 0 Å². The van der Waals surface area contributed by atoms with Gasteiger partial charge in [0.2, 0.25) is 5.95 Å². The van der Waals surface area contributed by atoms with E-state index in [9.17, 15) is 9.50 Å². The molecule has 0 saturated heterocycles. The van der Waals surface area contributed by atoms with Crippen LogP contribution in [0, 0.1) is 11.7 Å². The Balaban J connectivity index is 1.95. The maximum absolute atomic E-state index is 13.6. The summed E-state index contributed by atoms with van der Waals surface area (Å²) in [6.07, 6.45) is 5.86. The predicted octanol–water partition coefficient (Wildman–Crippen LogP) is 2.40. The first-order valence-corrected chi connectivity index (χ1v) is 7.23. The number of rotatable bonds is 5. The summed E-state index contributed by atoms with van der Waals surface area (Å²) in [6, 6.07) is 0. The van der Waals surface area contributed by atoms with Gasteiger partial charge in [-0.1, -0.05) is 13.3 Å². The van der Waals surface area contributed by atoms with Gasteiger partial charge in [0.1, 0.15) is 0 Å². The van der Waals surface area contributed by atoms with Gasteiger partial charge >= 0.3 is 0 Å². The van der Waals surface area contributed by atoms with Crippen molar-refractivity contribution in [2.75, 3.05) is 24.2 Å². The molecule has 1 aliphatic carbocycles. The molecule has 5 nitrogen and oxygen atoms in total. The smallest absolute Gasteiger partial charge is 0.224 e. The van der Waals surface area contributed by atoms with Gasteiger partial charge in [0.15, 0.2) is 11.6 Å². The lowest BCUT2D eigenvalue weighted by Gasteiger charge is -2.36. The Labute approximate surface area is 119 Å². The van der Waals surface area contributed by atoms with E-state index in [0.29, 0.717) is 18.4 Å². The molecule has 20 heavy (non-hydrogen) atoms. The topological polar surface area (TPSA) is 70.1 Å². The number of aliphatic hydroxyl groups is 1. The first-order chi connectivity index (χ1) is 9.56. The number of aromatic nitrogens is 2. The fraction of sp³-hybridized carbons (Fsp3) is 0.714. The third-order valence-electron chi connectivity index (χ3n) is 4.17. The Morgan fingerprint density at radius 2 is 2.15 bits per heavy atom. The highest BCUT2D eigenvalue weighted by Gasteiger charge is 2.32. The van der Waals surface area contributed by atoms with Gasteiger partial charge in [-0.3, -0.25) is 0 Å². The molecule has 0 bridgehead atoms. The lowest BCUT2D eigenvalue weighted by atomic mass is 9.78. The summed E-state index contributed by atoms with van der Waals surface area (Å²) in [7, 11) is 1.68. The second kappa shape index (κ2) is 6.35. The lowest BCUT2D eigenvalue weighted by Crippen LogP contribution is -2.40. The van der Waals surface area contributed by atoms with E-state index in [1.54, 1.807) is 7.05 Å². The van der Waals surface area contributed by atoms with Crippen LogP contribution in [0.5, 0.6) is 0 Å². The SMILES string of the molecule is CCC1CCC(O)(CNc2nc(NC)ncc2F)CC1. The third-order valence-corrected chi connectivity index (χ3v) is 4.17. The largest absolute Gasteiger partial charge is 0.388 e. The zero-order valence-corrected chi connectivity index (χ0v) is 12.1. The van der Waals surface area contributed by atoms with E-state index in [2.05, 4.69) is 27.5 Å². The van der Waals surface area contributed by atoms with E-state index in [-0.39, 0.29) is 5.82 Å². The summed E-state index contributed by atoms with van der Waals surface area (Å²) in [5.74, 6) is 0.697. The summed E-state index contributed by atoms with van der Waals surface area (Å²) >= 11 is 0. The molecule has 2 rings (SSSR count). The average Bonchev–Trinajstić information content (AvgIpc) is 2.47. The Morgan fingerprint density at radius 3 is 2.75 bits per heavy atom. The predicted molar refractivity (Wildman–Crippen MR) is 77.2 cm³/mol. The Kier molecular flexibility index (Phi) is 4.75. The second-order valence-electron chi connectivity index (χ2n) is 5.57.